The molecular formula is C23H24FN7O2. The van der Waals surface area contributed by atoms with Crippen LogP contribution in [-0.4, -0.2) is 49.8 Å². The number of anilines is 2. The van der Waals surface area contributed by atoms with Gasteiger partial charge in [-0.1, -0.05) is 24.3 Å². The monoisotopic (exact) mass is 449 g/mol. The number of nitrogens with zero attached hydrogens (tertiary/aromatic N) is 7. The Morgan fingerprint density at radius 2 is 1.61 bits per heavy atom. The van der Waals surface area contributed by atoms with Gasteiger partial charge in [0.2, 0.25) is 5.95 Å². The summed E-state index contributed by atoms with van der Waals surface area (Å²) in [5, 5.41) is 0. The lowest BCUT2D eigenvalue weighted by Gasteiger charge is -2.36. The summed E-state index contributed by atoms with van der Waals surface area (Å²) in [7, 11) is 3.03. The molecule has 1 fully saturated rings. The topological polar surface area (TPSA) is 81.2 Å². The first-order chi connectivity index (χ1) is 16.0. The molecule has 170 valence electrons. The molecule has 1 saturated heterocycles. The lowest BCUT2D eigenvalue weighted by atomic mass is 10.2. The molecule has 1 aromatic carbocycles. The zero-order valence-electron chi connectivity index (χ0n) is 18.5. The third-order valence-corrected chi connectivity index (χ3v) is 6.15. The number of benzene rings is 1. The molecule has 3 aromatic heterocycles. The van der Waals surface area contributed by atoms with Gasteiger partial charge < -0.3 is 9.80 Å². The molecule has 0 saturated carbocycles. The normalized spacial score (nSPS) is 14.3. The number of halogens is 1. The van der Waals surface area contributed by atoms with E-state index in [0.717, 1.165) is 23.5 Å². The highest BCUT2D eigenvalue weighted by molar-refractivity contribution is 5.75. The summed E-state index contributed by atoms with van der Waals surface area (Å²) >= 11 is 0. The molecule has 4 heterocycles. The van der Waals surface area contributed by atoms with Crippen LogP contribution >= 0.6 is 0 Å². The predicted molar refractivity (Wildman–Crippen MR) is 124 cm³/mol. The van der Waals surface area contributed by atoms with E-state index in [0.29, 0.717) is 30.2 Å². The van der Waals surface area contributed by atoms with Crippen LogP contribution in [0.5, 0.6) is 0 Å². The first-order valence-electron chi connectivity index (χ1n) is 10.8. The van der Waals surface area contributed by atoms with Crippen molar-refractivity contribution in [2.45, 2.75) is 6.54 Å². The van der Waals surface area contributed by atoms with Gasteiger partial charge in [0.05, 0.1) is 6.54 Å². The van der Waals surface area contributed by atoms with Crippen LogP contribution in [0.4, 0.5) is 16.2 Å². The van der Waals surface area contributed by atoms with Crippen molar-refractivity contribution < 1.29 is 4.39 Å². The summed E-state index contributed by atoms with van der Waals surface area (Å²) in [6.07, 6.45) is 1.77. The molecule has 0 radical (unpaired) electrons. The fraction of sp³-hybridized carbons (Fsp3) is 0.304. The molecule has 1 aliphatic rings. The highest BCUT2D eigenvalue weighted by atomic mass is 19.1. The van der Waals surface area contributed by atoms with Crippen LogP contribution in [0.3, 0.4) is 0 Å². The second kappa shape index (κ2) is 8.19. The van der Waals surface area contributed by atoms with Crippen LogP contribution in [-0.2, 0) is 20.6 Å². The largest absolute Gasteiger partial charge is 0.353 e. The maximum Gasteiger partial charge on any atom is 0.332 e. The lowest BCUT2D eigenvalue weighted by molar-refractivity contribution is 0.591. The Hall–Kier alpha value is -3.95. The van der Waals surface area contributed by atoms with E-state index in [1.165, 1.54) is 17.7 Å². The Morgan fingerprint density at radius 3 is 2.30 bits per heavy atom. The van der Waals surface area contributed by atoms with Crippen molar-refractivity contribution in [2.24, 2.45) is 14.1 Å². The summed E-state index contributed by atoms with van der Waals surface area (Å²) in [4.78, 5) is 39.0. The Bertz CT molecular complexity index is 1430. The van der Waals surface area contributed by atoms with E-state index in [-0.39, 0.29) is 17.9 Å². The second-order valence-electron chi connectivity index (χ2n) is 8.13. The quantitative estimate of drug-likeness (QED) is 0.468. The van der Waals surface area contributed by atoms with Gasteiger partial charge in [-0.15, -0.1) is 0 Å². The van der Waals surface area contributed by atoms with Gasteiger partial charge in [0.25, 0.3) is 5.56 Å². The Kier molecular flexibility index (Phi) is 5.20. The first-order valence-corrected chi connectivity index (χ1v) is 10.8. The van der Waals surface area contributed by atoms with Gasteiger partial charge in [-0.2, -0.15) is 4.98 Å². The first kappa shape index (κ1) is 20.9. The van der Waals surface area contributed by atoms with E-state index in [2.05, 4.69) is 14.8 Å². The van der Waals surface area contributed by atoms with E-state index in [4.69, 9.17) is 4.98 Å². The van der Waals surface area contributed by atoms with Crippen molar-refractivity contribution in [1.82, 2.24) is 23.7 Å². The average Bonchev–Trinajstić information content (AvgIpc) is 3.23. The van der Waals surface area contributed by atoms with Gasteiger partial charge in [0, 0.05) is 52.0 Å². The van der Waals surface area contributed by atoms with Crippen LogP contribution < -0.4 is 21.0 Å². The van der Waals surface area contributed by atoms with Crippen LogP contribution in [0.15, 0.2) is 58.3 Å². The number of aryl methyl sites for hydroxylation is 1. The minimum atomic E-state index is -0.449. The van der Waals surface area contributed by atoms with Gasteiger partial charge in [0.15, 0.2) is 11.2 Å². The fourth-order valence-corrected chi connectivity index (χ4v) is 4.30. The van der Waals surface area contributed by atoms with Crippen molar-refractivity contribution in [3.63, 3.8) is 0 Å². The average molecular weight is 449 g/mol. The van der Waals surface area contributed by atoms with Crippen molar-refractivity contribution >= 4 is 22.9 Å². The number of fused-ring (bicyclic) bond motifs is 1. The second-order valence-corrected chi connectivity index (χ2v) is 8.13. The number of aromatic nitrogens is 5. The van der Waals surface area contributed by atoms with Crippen LogP contribution in [0.2, 0.25) is 0 Å². The van der Waals surface area contributed by atoms with Gasteiger partial charge >= 0.3 is 5.69 Å². The maximum absolute atomic E-state index is 14.5. The number of pyridine rings is 1. The fourth-order valence-electron chi connectivity index (χ4n) is 4.30. The van der Waals surface area contributed by atoms with E-state index in [9.17, 15) is 14.0 Å². The number of piperazine rings is 1. The summed E-state index contributed by atoms with van der Waals surface area (Å²) < 4.78 is 18.7. The van der Waals surface area contributed by atoms with Gasteiger partial charge in [0.1, 0.15) is 11.6 Å². The number of imidazole rings is 1. The van der Waals surface area contributed by atoms with Crippen LogP contribution in [0.1, 0.15) is 5.56 Å². The molecule has 0 spiro atoms. The van der Waals surface area contributed by atoms with E-state index < -0.39 is 11.2 Å². The molecule has 1 aliphatic heterocycles. The van der Waals surface area contributed by atoms with Gasteiger partial charge in [-0.05, 0) is 18.2 Å². The summed E-state index contributed by atoms with van der Waals surface area (Å²) in [5.74, 6) is 1.10. The summed E-state index contributed by atoms with van der Waals surface area (Å²) in [5.41, 5.74) is 0.123. The van der Waals surface area contributed by atoms with E-state index >= 15 is 0 Å². The van der Waals surface area contributed by atoms with Crippen molar-refractivity contribution in [3.8, 4) is 0 Å². The highest BCUT2D eigenvalue weighted by Crippen LogP contribution is 2.24. The third kappa shape index (κ3) is 3.57. The predicted octanol–water partition coefficient (Wildman–Crippen LogP) is 1.34. The molecule has 10 heteroatoms. The number of hydrogen-bond donors (Lipinski definition) is 0. The minimum Gasteiger partial charge on any atom is -0.353 e. The molecule has 0 bridgehead atoms. The molecule has 0 amide bonds. The molecule has 0 N–H and O–H groups in total. The van der Waals surface area contributed by atoms with Gasteiger partial charge in [-0.3, -0.25) is 18.5 Å². The third-order valence-electron chi connectivity index (χ3n) is 6.15. The molecule has 0 unspecified atom stereocenters. The standard InChI is InChI=1S/C23H24FN7O2/c1-27-20-19(21(32)28(2)23(27)33)31(15-16-7-3-4-8-17(16)24)22(26-20)30-13-11-29(12-14-30)18-9-5-6-10-25-18/h3-10H,11-15H2,1-2H3. The molecule has 33 heavy (non-hydrogen) atoms. The zero-order valence-corrected chi connectivity index (χ0v) is 18.5. The molecular weight excluding hydrogens is 425 g/mol. The van der Waals surface area contributed by atoms with E-state index in [1.54, 1.807) is 36.0 Å². The molecule has 0 atom stereocenters. The Morgan fingerprint density at radius 1 is 0.909 bits per heavy atom. The maximum atomic E-state index is 14.5. The number of hydrogen-bond acceptors (Lipinski definition) is 6. The van der Waals surface area contributed by atoms with Crippen molar-refractivity contribution in [3.05, 3.63) is 80.9 Å². The zero-order chi connectivity index (χ0) is 23.1. The molecule has 5 rings (SSSR count). The van der Waals surface area contributed by atoms with Crippen molar-refractivity contribution in [1.29, 1.82) is 0 Å². The Labute approximate surface area is 189 Å². The highest BCUT2D eigenvalue weighted by Gasteiger charge is 2.26. The molecule has 0 aliphatic carbocycles. The number of rotatable bonds is 4. The lowest BCUT2D eigenvalue weighted by Crippen LogP contribution is -2.47. The minimum absolute atomic E-state index is 0.131. The van der Waals surface area contributed by atoms with Crippen molar-refractivity contribution in [2.75, 3.05) is 36.0 Å². The Balaban J connectivity index is 1.59. The summed E-state index contributed by atoms with van der Waals surface area (Å²) in [6.45, 7) is 2.86. The van der Waals surface area contributed by atoms with Crippen LogP contribution in [0, 0.1) is 5.82 Å². The van der Waals surface area contributed by atoms with Gasteiger partial charge in [-0.25, -0.2) is 14.2 Å². The molecule has 4 aromatic rings. The SMILES string of the molecule is Cn1c(=O)c2c(nc(N3CCN(c4ccccn4)CC3)n2Cc2ccccc2F)n(C)c1=O. The molecule has 9 nitrogen and oxygen atoms in total. The summed E-state index contributed by atoms with van der Waals surface area (Å²) in [6, 6.07) is 12.3. The van der Waals surface area contributed by atoms with Crippen LogP contribution in [0.25, 0.3) is 11.2 Å². The smallest absolute Gasteiger partial charge is 0.332 e. The van der Waals surface area contributed by atoms with E-state index in [1.807, 2.05) is 18.2 Å².